The van der Waals surface area contributed by atoms with Crippen molar-refractivity contribution in [3.05, 3.63) is 63.3 Å². The fourth-order valence-electron chi connectivity index (χ4n) is 2.91. The van der Waals surface area contributed by atoms with Crippen LogP contribution in [0.2, 0.25) is 0 Å². The van der Waals surface area contributed by atoms with Gasteiger partial charge < -0.3 is 5.32 Å². The van der Waals surface area contributed by atoms with Crippen LogP contribution in [0.15, 0.2) is 46.9 Å². The van der Waals surface area contributed by atoms with Gasteiger partial charge >= 0.3 is 0 Å². The van der Waals surface area contributed by atoms with Crippen molar-refractivity contribution in [1.82, 2.24) is 9.55 Å². The van der Waals surface area contributed by atoms with E-state index in [1.807, 2.05) is 13.8 Å². The van der Waals surface area contributed by atoms with Crippen LogP contribution >= 0.6 is 23.1 Å². The van der Waals surface area contributed by atoms with Crippen molar-refractivity contribution in [2.75, 3.05) is 11.1 Å². The third-order valence-electron chi connectivity index (χ3n) is 4.71. The largest absolute Gasteiger partial charge is 0.326 e. The predicted octanol–water partition coefficient (Wildman–Crippen LogP) is 4.58. The second-order valence-corrected chi connectivity index (χ2v) is 8.90. The van der Waals surface area contributed by atoms with E-state index < -0.39 is 0 Å². The van der Waals surface area contributed by atoms with Crippen LogP contribution in [0.5, 0.6) is 0 Å². The van der Waals surface area contributed by atoms with E-state index in [0.29, 0.717) is 39.6 Å². The highest BCUT2D eigenvalue weighted by molar-refractivity contribution is 7.99. The van der Waals surface area contributed by atoms with Gasteiger partial charge in [-0.25, -0.2) is 4.98 Å². The number of fused-ring (bicyclic) bond motifs is 1. The average molecular weight is 442 g/mol. The molecule has 0 saturated heterocycles. The van der Waals surface area contributed by atoms with Gasteiger partial charge in [-0.15, -0.1) is 17.9 Å². The summed E-state index contributed by atoms with van der Waals surface area (Å²) in [6.45, 7) is 9.75. The lowest BCUT2D eigenvalue weighted by atomic mass is 10.1. The molecule has 0 atom stereocenters. The second-order valence-electron chi connectivity index (χ2n) is 6.75. The van der Waals surface area contributed by atoms with Gasteiger partial charge in [0.05, 0.1) is 11.1 Å². The summed E-state index contributed by atoms with van der Waals surface area (Å²) >= 11 is 2.73. The lowest BCUT2D eigenvalue weighted by Gasteiger charge is -2.10. The zero-order valence-corrected chi connectivity index (χ0v) is 18.8. The van der Waals surface area contributed by atoms with E-state index in [0.717, 1.165) is 10.4 Å². The first-order chi connectivity index (χ1) is 14.3. The number of anilines is 1. The zero-order chi connectivity index (χ0) is 21.8. The van der Waals surface area contributed by atoms with Crippen LogP contribution in [-0.4, -0.2) is 27.0 Å². The Kier molecular flexibility index (Phi) is 6.89. The van der Waals surface area contributed by atoms with Gasteiger partial charge in [0, 0.05) is 29.1 Å². The summed E-state index contributed by atoms with van der Waals surface area (Å²) in [6.07, 6.45) is 2.04. The van der Waals surface area contributed by atoms with Gasteiger partial charge in [-0.3, -0.25) is 19.0 Å². The fraction of sp³-hybridized carbons (Fsp3) is 0.273. The fourth-order valence-corrected chi connectivity index (χ4v) is 4.88. The minimum absolute atomic E-state index is 0.0774. The number of hydrogen-bond acceptors (Lipinski definition) is 6. The molecule has 0 aliphatic carbocycles. The van der Waals surface area contributed by atoms with E-state index in [-0.39, 0.29) is 23.0 Å². The van der Waals surface area contributed by atoms with Crippen LogP contribution in [-0.2, 0) is 11.3 Å². The molecule has 3 rings (SSSR count). The molecule has 3 aromatic rings. The molecule has 2 heterocycles. The molecule has 1 aromatic carbocycles. The SMILES string of the molecule is C=CCn1c(SCC(=O)c2ccc(NC(=O)CC)cc2)nc2sc(C)c(C)c2c1=O. The minimum atomic E-state index is -0.104. The molecule has 6 nitrogen and oxygen atoms in total. The van der Waals surface area contributed by atoms with Gasteiger partial charge in [-0.1, -0.05) is 24.8 Å². The van der Waals surface area contributed by atoms with Gasteiger partial charge in [0.25, 0.3) is 5.56 Å². The van der Waals surface area contributed by atoms with Gasteiger partial charge in [-0.05, 0) is 43.7 Å². The van der Waals surface area contributed by atoms with Crippen LogP contribution < -0.4 is 10.9 Å². The molecule has 0 saturated carbocycles. The zero-order valence-electron chi connectivity index (χ0n) is 17.2. The Labute approximate surface area is 183 Å². The summed E-state index contributed by atoms with van der Waals surface area (Å²) in [5.74, 6) is -0.00391. The van der Waals surface area contributed by atoms with Crippen LogP contribution in [0.25, 0.3) is 10.2 Å². The Hall–Kier alpha value is -2.71. The van der Waals surface area contributed by atoms with Crippen molar-refractivity contribution in [3.63, 3.8) is 0 Å². The van der Waals surface area contributed by atoms with E-state index in [1.54, 1.807) is 41.8 Å². The van der Waals surface area contributed by atoms with Gasteiger partial charge in [0.1, 0.15) is 4.83 Å². The first kappa shape index (κ1) is 22.0. The number of aromatic nitrogens is 2. The number of nitrogens with one attached hydrogen (secondary N) is 1. The molecule has 0 radical (unpaired) electrons. The standard InChI is InChI=1S/C22H23N3O3S2/c1-5-11-25-21(28)19-13(3)14(4)30-20(19)24-22(25)29-12-17(26)15-7-9-16(10-8-15)23-18(27)6-2/h5,7-10H,1,6,11-12H2,2-4H3,(H,23,27). The Balaban J connectivity index is 1.81. The number of allylic oxidation sites excluding steroid dienone is 1. The molecule has 30 heavy (non-hydrogen) atoms. The topological polar surface area (TPSA) is 81.1 Å². The van der Waals surface area contributed by atoms with E-state index in [1.165, 1.54) is 23.1 Å². The van der Waals surface area contributed by atoms with E-state index >= 15 is 0 Å². The average Bonchev–Trinajstić information content (AvgIpc) is 3.02. The maximum Gasteiger partial charge on any atom is 0.263 e. The number of aryl methyl sites for hydroxylation is 2. The van der Waals surface area contributed by atoms with Crippen molar-refractivity contribution in [1.29, 1.82) is 0 Å². The lowest BCUT2D eigenvalue weighted by Crippen LogP contribution is -2.23. The van der Waals surface area contributed by atoms with Crippen molar-refractivity contribution in [2.24, 2.45) is 0 Å². The number of Topliss-reactive ketones (excluding diaryl/α,β-unsaturated/α-hetero) is 1. The van der Waals surface area contributed by atoms with E-state index in [4.69, 9.17) is 0 Å². The highest BCUT2D eigenvalue weighted by atomic mass is 32.2. The summed E-state index contributed by atoms with van der Waals surface area (Å²) in [7, 11) is 0. The monoisotopic (exact) mass is 441 g/mol. The number of rotatable bonds is 8. The number of benzene rings is 1. The van der Waals surface area contributed by atoms with Crippen LogP contribution in [0, 0.1) is 13.8 Å². The third-order valence-corrected chi connectivity index (χ3v) is 6.79. The smallest absolute Gasteiger partial charge is 0.263 e. The predicted molar refractivity (Wildman–Crippen MR) is 124 cm³/mol. The molecule has 8 heteroatoms. The van der Waals surface area contributed by atoms with Crippen LogP contribution in [0.4, 0.5) is 5.69 Å². The summed E-state index contributed by atoms with van der Waals surface area (Å²) in [5, 5.41) is 3.90. The molecule has 0 bridgehead atoms. The third kappa shape index (κ3) is 4.55. The van der Waals surface area contributed by atoms with Crippen molar-refractivity contribution in [2.45, 2.75) is 38.9 Å². The number of amides is 1. The molecule has 0 aliphatic heterocycles. The number of hydrogen-bond donors (Lipinski definition) is 1. The van der Waals surface area contributed by atoms with Gasteiger partial charge in [0.2, 0.25) is 5.91 Å². The maximum atomic E-state index is 13.0. The van der Waals surface area contributed by atoms with Crippen molar-refractivity contribution < 1.29 is 9.59 Å². The Morgan fingerprint density at radius 2 is 1.97 bits per heavy atom. The lowest BCUT2D eigenvalue weighted by molar-refractivity contribution is -0.115. The Morgan fingerprint density at radius 3 is 2.60 bits per heavy atom. The van der Waals surface area contributed by atoms with Crippen LogP contribution in [0.1, 0.15) is 34.1 Å². The van der Waals surface area contributed by atoms with Gasteiger partial charge in [0.15, 0.2) is 10.9 Å². The maximum absolute atomic E-state index is 13.0. The van der Waals surface area contributed by atoms with Crippen molar-refractivity contribution in [3.8, 4) is 0 Å². The molecule has 156 valence electrons. The van der Waals surface area contributed by atoms with Crippen LogP contribution in [0.3, 0.4) is 0 Å². The van der Waals surface area contributed by atoms with E-state index in [2.05, 4.69) is 16.9 Å². The molecule has 0 spiro atoms. The number of thioether (sulfide) groups is 1. The first-order valence-electron chi connectivity index (χ1n) is 9.53. The highest BCUT2D eigenvalue weighted by Gasteiger charge is 2.17. The molecule has 0 fully saturated rings. The summed E-state index contributed by atoms with van der Waals surface area (Å²) in [4.78, 5) is 43.5. The first-order valence-corrected chi connectivity index (χ1v) is 11.3. The Morgan fingerprint density at radius 1 is 1.27 bits per heavy atom. The summed E-state index contributed by atoms with van der Waals surface area (Å²) < 4.78 is 1.57. The molecule has 1 amide bonds. The molecule has 2 aromatic heterocycles. The van der Waals surface area contributed by atoms with Gasteiger partial charge in [-0.2, -0.15) is 0 Å². The summed E-state index contributed by atoms with van der Waals surface area (Å²) in [6, 6.07) is 6.79. The second kappa shape index (κ2) is 9.40. The number of ketones is 1. The molecule has 0 aliphatic rings. The number of carbonyl (C=O) groups excluding carboxylic acids is 2. The molecular formula is C22H23N3O3S2. The van der Waals surface area contributed by atoms with E-state index in [9.17, 15) is 14.4 Å². The Bertz CT molecular complexity index is 1180. The quantitative estimate of drug-likeness (QED) is 0.239. The molecule has 0 unspecified atom stereocenters. The minimum Gasteiger partial charge on any atom is -0.326 e. The van der Waals surface area contributed by atoms with Crippen molar-refractivity contribution >= 4 is 50.7 Å². The highest BCUT2D eigenvalue weighted by Crippen LogP contribution is 2.28. The summed E-state index contributed by atoms with van der Waals surface area (Å²) in [5.41, 5.74) is 2.04. The normalized spacial score (nSPS) is 10.9. The molecular weight excluding hydrogens is 418 g/mol. The molecule has 1 N–H and O–H groups in total. The number of nitrogens with zero attached hydrogens (tertiary/aromatic N) is 2. The number of carbonyl (C=O) groups is 2. The number of thiophene rings is 1.